The van der Waals surface area contributed by atoms with Gasteiger partial charge in [0, 0.05) is 11.8 Å². The molecule has 2 heterocycles. The van der Waals surface area contributed by atoms with Crippen molar-refractivity contribution in [2.45, 2.75) is 20.8 Å². The van der Waals surface area contributed by atoms with Gasteiger partial charge in [0.05, 0.1) is 5.56 Å². The summed E-state index contributed by atoms with van der Waals surface area (Å²) in [5.41, 5.74) is 6.29. The van der Waals surface area contributed by atoms with E-state index in [1.165, 1.54) is 0 Å². The van der Waals surface area contributed by atoms with Gasteiger partial charge < -0.3 is 9.40 Å². The standard InChI is InChI=1S/C13H15N3O3/c1-7-8(2)19-9(3)11(7)13(18)16-15-12(17)10-5-4-6-14-10/h4-6,14H,1-3H3,(H,15,17)(H,16,18). The lowest BCUT2D eigenvalue weighted by Gasteiger charge is -2.06. The van der Waals surface area contributed by atoms with Gasteiger partial charge in [-0.05, 0) is 32.9 Å². The Morgan fingerprint density at radius 2 is 1.79 bits per heavy atom. The number of aromatic amines is 1. The molecule has 6 heteroatoms. The van der Waals surface area contributed by atoms with Gasteiger partial charge in [0.15, 0.2) is 0 Å². The van der Waals surface area contributed by atoms with E-state index in [9.17, 15) is 9.59 Å². The summed E-state index contributed by atoms with van der Waals surface area (Å²) in [5.74, 6) is 0.417. The highest BCUT2D eigenvalue weighted by molar-refractivity contribution is 5.99. The van der Waals surface area contributed by atoms with Gasteiger partial charge in [-0.2, -0.15) is 0 Å². The molecule has 19 heavy (non-hydrogen) atoms. The molecule has 0 aliphatic rings. The third kappa shape index (κ3) is 2.52. The molecule has 2 amide bonds. The maximum Gasteiger partial charge on any atom is 0.286 e. The highest BCUT2D eigenvalue weighted by atomic mass is 16.3. The molecule has 0 unspecified atom stereocenters. The minimum Gasteiger partial charge on any atom is -0.466 e. The van der Waals surface area contributed by atoms with Crippen molar-refractivity contribution >= 4 is 11.8 Å². The fourth-order valence-electron chi connectivity index (χ4n) is 1.84. The highest BCUT2D eigenvalue weighted by Gasteiger charge is 2.19. The molecule has 0 radical (unpaired) electrons. The second-order valence-electron chi connectivity index (χ2n) is 4.21. The zero-order valence-electron chi connectivity index (χ0n) is 11.0. The Morgan fingerprint density at radius 1 is 1.11 bits per heavy atom. The number of carbonyl (C=O) groups excluding carboxylic acids is 2. The smallest absolute Gasteiger partial charge is 0.286 e. The van der Waals surface area contributed by atoms with E-state index in [1.807, 2.05) is 0 Å². The second kappa shape index (κ2) is 5.01. The van der Waals surface area contributed by atoms with Crippen LogP contribution in [0.15, 0.2) is 22.7 Å². The number of furan rings is 1. The van der Waals surface area contributed by atoms with Crippen LogP contribution in [0.25, 0.3) is 0 Å². The quantitative estimate of drug-likeness (QED) is 0.718. The van der Waals surface area contributed by atoms with Crippen LogP contribution < -0.4 is 10.9 Å². The van der Waals surface area contributed by atoms with E-state index in [-0.39, 0.29) is 0 Å². The van der Waals surface area contributed by atoms with Crippen molar-refractivity contribution in [2.24, 2.45) is 0 Å². The van der Waals surface area contributed by atoms with Crippen LogP contribution in [0.2, 0.25) is 0 Å². The molecular weight excluding hydrogens is 246 g/mol. The molecule has 0 aromatic carbocycles. The van der Waals surface area contributed by atoms with E-state index in [0.29, 0.717) is 22.8 Å². The summed E-state index contributed by atoms with van der Waals surface area (Å²) in [6.07, 6.45) is 1.63. The lowest BCUT2D eigenvalue weighted by molar-refractivity contribution is 0.0843. The average Bonchev–Trinajstić information content (AvgIpc) is 2.96. The normalized spacial score (nSPS) is 10.3. The first-order valence-corrected chi connectivity index (χ1v) is 5.81. The van der Waals surface area contributed by atoms with Crippen LogP contribution in [0.3, 0.4) is 0 Å². The van der Waals surface area contributed by atoms with Gasteiger partial charge in [-0.3, -0.25) is 20.4 Å². The summed E-state index contributed by atoms with van der Waals surface area (Å²) in [4.78, 5) is 26.4. The SMILES string of the molecule is Cc1oc(C)c(C(=O)NNC(=O)c2ccc[nH]2)c1C. The fourth-order valence-corrected chi connectivity index (χ4v) is 1.84. The minimum atomic E-state index is -0.408. The molecule has 3 N–H and O–H groups in total. The third-order valence-corrected chi connectivity index (χ3v) is 2.92. The predicted molar refractivity (Wildman–Crippen MR) is 68.6 cm³/mol. The Labute approximate surface area is 110 Å². The van der Waals surface area contributed by atoms with Crippen molar-refractivity contribution in [3.05, 3.63) is 46.7 Å². The van der Waals surface area contributed by atoms with Crippen molar-refractivity contribution in [1.82, 2.24) is 15.8 Å². The highest BCUT2D eigenvalue weighted by Crippen LogP contribution is 2.20. The lowest BCUT2D eigenvalue weighted by Crippen LogP contribution is -2.42. The number of H-pyrrole nitrogens is 1. The largest absolute Gasteiger partial charge is 0.466 e. The van der Waals surface area contributed by atoms with Crippen molar-refractivity contribution in [3.8, 4) is 0 Å². The second-order valence-corrected chi connectivity index (χ2v) is 4.21. The van der Waals surface area contributed by atoms with Crippen LogP contribution in [0, 0.1) is 20.8 Å². The van der Waals surface area contributed by atoms with Crippen molar-refractivity contribution in [1.29, 1.82) is 0 Å². The molecule has 0 saturated carbocycles. The summed E-state index contributed by atoms with van der Waals surface area (Å²) in [5, 5.41) is 0. The van der Waals surface area contributed by atoms with E-state index in [2.05, 4.69) is 15.8 Å². The molecule has 0 saturated heterocycles. The molecule has 0 bridgehead atoms. The molecule has 0 atom stereocenters. The minimum absolute atomic E-state index is 0.372. The molecule has 2 aromatic heterocycles. The number of aromatic nitrogens is 1. The van der Waals surface area contributed by atoms with Gasteiger partial charge in [0.1, 0.15) is 17.2 Å². The maximum atomic E-state index is 12.0. The molecule has 0 aliphatic heterocycles. The Kier molecular flexibility index (Phi) is 3.41. The Bertz CT molecular complexity index is 611. The number of aryl methyl sites for hydroxylation is 2. The summed E-state index contributed by atoms with van der Waals surface area (Å²) < 4.78 is 5.37. The number of hydrogen-bond donors (Lipinski definition) is 3. The lowest BCUT2D eigenvalue weighted by atomic mass is 10.1. The van der Waals surface area contributed by atoms with E-state index in [4.69, 9.17) is 4.42 Å². The van der Waals surface area contributed by atoms with Gasteiger partial charge >= 0.3 is 0 Å². The van der Waals surface area contributed by atoms with Gasteiger partial charge in [-0.15, -0.1) is 0 Å². The van der Waals surface area contributed by atoms with E-state index in [0.717, 1.165) is 5.56 Å². The average molecular weight is 261 g/mol. The van der Waals surface area contributed by atoms with Crippen LogP contribution >= 0.6 is 0 Å². The van der Waals surface area contributed by atoms with Crippen molar-refractivity contribution < 1.29 is 14.0 Å². The van der Waals surface area contributed by atoms with Crippen molar-refractivity contribution in [3.63, 3.8) is 0 Å². The Hall–Kier alpha value is -2.50. The van der Waals surface area contributed by atoms with E-state index >= 15 is 0 Å². The summed E-state index contributed by atoms with van der Waals surface area (Å²) >= 11 is 0. The first-order valence-electron chi connectivity index (χ1n) is 5.81. The van der Waals surface area contributed by atoms with Crippen LogP contribution in [-0.4, -0.2) is 16.8 Å². The number of hydrazine groups is 1. The van der Waals surface area contributed by atoms with Crippen LogP contribution in [0.5, 0.6) is 0 Å². The zero-order valence-corrected chi connectivity index (χ0v) is 11.0. The Morgan fingerprint density at radius 3 is 2.32 bits per heavy atom. The fraction of sp³-hybridized carbons (Fsp3) is 0.231. The van der Waals surface area contributed by atoms with Crippen molar-refractivity contribution in [2.75, 3.05) is 0 Å². The topological polar surface area (TPSA) is 87.1 Å². The maximum absolute atomic E-state index is 12.0. The number of nitrogens with one attached hydrogen (secondary N) is 3. The van der Waals surface area contributed by atoms with Gasteiger partial charge in [-0.1, -0.05) is 0 Å². The third-order valence-electron chi connectivity index (χ3n) is 2.92. The van der Waals surface area contributed by atoms with E-state index < -0.39 is 11.8 Å². The molecule has 0 spiro atoms. The van der Waals surface area contributed by atoms with E-state index in [1.54, 1.807) is 39.1 Å². The predicted octanol–water partition coefficient (Wildman–Crippen LogP) is 1.61. The van der Waals surface area contributed by atoms with Gasteiger partial charge in [0.2, 0.25) is 0 Å². The van der Waals surface area contributed by atoms with Crippen LogP contribution in [0.1, 0.15) is 37.9 Å². The van der Waals surface area contributed by atoms with Crippen LogP contribution in [0.4, 0.5) is 0 Å². The van der Waals surface area contributed by atoms with Gasteiger partial charge in [0.25, 0.3) is 11.8 Å². The molecule has 2 aromatic rings. The molecule has 2 rings (SSSR count). The zero-order chi connectivity index (χ0) is 14.0. The molecular formula is C13H15N3O3. The molecule has 0 aliphatic carbocycles. The number of amides is 2. The first-order chi connectivity index (χ1) is 9.00. The molecule has 6 nitrogen and oxygen atoms in total. The van der Waals surface area contributed by atoms with Crippen LogP contribution in [-0.2, 0) is 0 Å². The molecule has 0 fully saturated rings. The van der Waals surface area contributed by atoms with Gasteiger partial charge in [-0.25, -0.2) is 0 Å². The Balaban J connectivity index is 2.04. The first kappa shape index (κ1) is 12.9. The summed E-state index contributed by atoms with van der Waals surface area (Å²) in [7, 11) is 0. The summed E-state index contributed by atoms with van der Waals surface area (Å²) in [6, 6.07) is 3.31. The number of hydrogen-bond acceptors (Lipinski definition) is 3. The molecule has 100 valence electrons. The number of rotatable bonds is 2. The monoisotopic (exact) mass is 261 g/mol. The number of carbonyl (C=O) groups is 2. The summed E-state index contributed by atoms with van der Waals surface area (Å²) in [6.45, 7) is 5.30.